The monoisotopic (exact) mass is 1000 g/mol. The third kappa shape index (κ3) is 55.0. The maximum absolute atomic E-state index is 12.7. The van der Waals surface area contributed by atoms with Crippen LogP contribution in [0.5, 0.6) is 0 Å². The average molecular weight is 1000 g/mol. The van der Waals surface area contributed by atoms with Gasteiger partial charge >= 0.3 is 19.8 Å². The number of ether oxygens (including phenoxy) is 2. The molecule has 0 heterocycles. The summed E-state index contributed by atoms with van der Waals surface area (Å²) in [5.74, 6) is -0.829. The Morgan fingerprint density at radius 3 is 1.19 bits per heavy atom. The summed E-state index contributed by atoms with van der Waals surface area (Å²) in [5.41, 5.74) is 5.37. The molecule has 0 aliphatic rings. The molecule has 2 atom stereocenters. The molecule has 0 aliphatic heterocycles. The van der Waals surface area contributed by atoms with E-state index in [9.17, 15) is 19.0 Å². The molecule has 0 aromatic rings. The lowest BCUT2D eigenvalue weighted by molar-refractivity contribution is -0.161. The van der Waals surface area contributed by atoms with Crippen molar-refractivity contribution in [3.8, 4) is 0 Å². The third-order valence-electron chi connectivity index (χ3n) is 12.6. The van der Waals surface area contributed by atoms with Gasteiger partial charge < -0.3 is 20.1 Å². The van der Waals surface area contributed by atoms with Crippen molar-refractivity contribution >= 4 is 19.8 Å². The highest BCUT2D eigenvalue weighted by Crippen LogP contribution is 2.43. The molecule has 0 amide bonds. The second-order valence-corrected chi connectivity index (χ2v) is 20.9. The quantitative estimate of drug-likeness (QED) is 0.0264. The van der Waals surface area contributed by atoms with Crippen LogP contribution in [0.4, 0.5) is 0 Å². The normalized spacial score (nSPS) is 13.5. The van der Waals surface area contributed by atoms with E-state index in [0.717, 1.165) is 77.0 Å². The Morgan fingerprint density at radius 2 is 0.786 bits per heavy atom. The summed E-state index contributed by atoms with van der Waals surface area (Å²) in [6.07, 6.45) is 70.2. The first-order valence-electron chi connectivity index (χ1n) is 29.3. The smallest absolute Gasteiger partial charge is 0.462 e. The maximum Gasteiger partial charge on any atom is 0.472 e. The maximum atomic E-state index is 12.7. The van der Waals surface area contributed by atoms with E-state index in [2.05, 4.69) is 74.6 Å². The molecule has 0 aromatic carbocycles. The van der Waals surface area contributed by atoms with Crippen LogP contribution < -0.4 is 5.73 Å². The standard InChI is InChI=1S/C60H110NO8P/c1-3-5-7-9-11-13-15-17-18-19-20-21-22-23-24-25-26-27-28-29-30-31-32-33-34-35-36-37-38-39-40-41-43-45-47-49-51-53-60(63)69-58(57-68-70(64,65)67-55-54-61)56-66-59(62)52-50-48-46-44-42-16-14-12-10-8-6-4-2/h5,7,11-14,17-18,20-21,58H,3-4,6,8-10,15-16,19,22-57,61H2,1-2H3,(H,64,65)/b7-5-,13-11-,14-12-,18-17-,21-20-. The van der Waals surface area contributed by atoms with Crippen molar-refractivity contribution in [2.24, 2.45) is 5.73 Å². The number of hydrogen-bond donors (Lipinski definition) is 2. The van der Waals surface area contributed by atoms with E-state index < -0.39 is 26.5 Å². The number of esters is 2. The number of allylic oxidation sites excluding steroid dienone is 10. The Kier molecular flexibility index (Phi) is 54.2. The fraction of sp³-hybridized carbons (Fsp3) is 0.800. The largest absolute Gasteiger partial charge is 0.472 e. The molecule has 0 rings (SSSR count). The molecule has 2 unspecified atom stereocenters. The molecule has 9 nitrogen and oxygen atoms in total. The number of unbranched alkanes of at least 4 members (excludes halogenated alkanes) is 32. The van der Waals surface area contributed by atoms with E-state index in [1.54, 1.807) is 0 Å². The Bertz CT molecular complexity index is 1330. The zero-order chi connectivity index (χ0) is 51.0. The molecule has 0 aliphatic carbocycles. The Labute approximate surface area is 431 Å². The fourth-order valence-electron chi connectivity index (χ4n) is 8.33. The zero-order valence-electron chi connectivity index (χ0n) is 45.5. The Morgan fingerprint density at radius 1 is 0.443 bits per heavy atom. The van der Waals surface area contributed by atoms with Crippen molar-refractivity contribution in [1.29, 1.82) is 0 Å². The Balaban J connectivity index is 3.77. The van der Waals surface area contributed by atoms with Crippen molar-refractivity contribution < 1.29 is 37.6 Å². The van der Waals surface area contributed by atoms with Crippen molar-refractivity contribution in [3.05, 3.63) is 60.8 Å². The molecule has 408 valence electrons. The van der Waals surface area contributed by atoms with Crippen molar-refractivity contribution in [2.75, 3.05) is 26.4 Å². The number of rotatable bonds is 55. The number of phosphoric acid groups is 1. The van der Waals surface area contributed by atoms with E-state index in [0.29, 0.717) is 6.42 Å². The van der Waals surface area contributed by atoms with Crippen molar-refractivity contribution in [1.82, 2.24) is 0 Å². The second kappa shape index (κ2) is 56.0. The van der Waals surface area contributed by atoms with Gasteiger partial charge in [-0.05, 0) is 77.0 Å². The zero-order valence-corrected chi connectivity index (χ0v) is 46.4. The fourth-order valence-corrected chi connectivity index (χ4v) is 9.09. The van der Waals surface area contributed by atoms with Crippen LogP contribution in [0.25, 0.3) is 0 Å². The molecule has 10 heteroatoms. The molecule has 0 spiro atoms. The Hall–Kier alpha value is -2.29. The van der Waals surface area contributed by atoms with Gasteiger partial charge in [-0.15, -0.1) is 0 Å². The first-order valence-corrected chi connectivity index (χ1v) is 30.8. The van der Waals surface area contributed by atoms with E-state index in [-0.39, 0.29) is 38.6 Å². The summed E-state index contributed by atoms with van der Waals surface area (Å²) in [6.45, 7) is 3.62. The molecule has 3 N–H and O–H groups in total. The summed E-state index contributed by atoms with van der Waals surface area (Å²) >= 11 is 0. The third-order valence-corrected chi connectivity index (χ3v) is 13.6. The van der Waals surface area contributed by atoms with Gasteiger partial charge in [0, 0.05) is 19.4 Å². The van der Waals surface area contributed by atoms with Crippen LogP contribution in [0.3, 0.4) is 0 Å². The van der Waals surface area contributed by atoms with Gasteiger partial charge in [-0.3, -0.25) is 18.6 Å². The molecule has 0 bridgehead atoms. The van der Waals surface area contributed by atoms with E-state index in [1.807, 2.05) is 0 Å². The minimum Gasteiger partial charge on any atom is -0.462 e. The lowest BCUT2D eigenvalue weighted by Gasteiger charge is -2.19. The molecular weight excluding hydrogens is 894 g/mol. The van der Waals surface area contributed by atoms with Gasteiger partial charge in [0.15, 0.2) is 6.10 Å². The highest BCUT2D eigenvalue weighted by atomic mass is 31.2. The second-order valence-electron chi connectivity index (χ2n) is 19.5. The first kappa shape index (κ1) is 67.7. The predicted molar refractivity (Wildman–Crippen MR) is 298 cm³/mol. The van der Waals surface area contributed by atoms with Crippen molar-refractivity contribution in [2.45, 2.75) is 283 Å². The summed E-state index contributed by atoms with van der Waals surface area (Å²) in [4.78, 5) is 35.0. The number of carbonyl (C=O) groups is 2. The van der Waals surface area contributed by atoms with Gasteiger partial charge in [0.05, 0.1) is 13.2 Å². The minimum atomic E-state index is -4.38. The number of carbonyl (C=O) groups excluding carboxylic acids is 2. The van der Waals surface area contributed by atoms with Gasteiger partial charge in [-0.1, -0.05) is 248 Å². The van der Waals surface area contributed by atoms with Gasteiger partial charge in [0.2, 0.25) is 0 Å². The lowest BCUT2D eigenvalue weighted by Crippen LogP contribution is -2.29. The van der Waals surface area contributed by atoms with Gasteiger partial charge in [-0.25, -0.2) is 4.57 Å². The number of hydrogen-bond acceptors (Lipinski definition) is 8. The average Bonchev–Trinajstić information content (AvgIpc) is 3.35. The predicted octanol–water partition coefficient (Wildman–Crippen LogP) is 18.3. The van der Waals surface area contributed by atoms with Gasteiger partial charge in [0.1, 0.15) is 6.61 Å². The first-order chi connectivity index (χ1) is 34.3. The van der Waals surface area contributed by atoms with Crippen LogP contribution in [-0.2, 0) is 32.7 Å². The lowest BCUT2D eigenvalue weighted by atomic mass is 10.0. The SMILES string of the molecule is CC/C=C\C/C=C\C/C=C\C/C=C\CCCCCCCCCCCCCCCCCCCCCCCCCCC(=O)OC(COC(=O)CCCCCCC/C=C\CCCCC)COP(=O)(O)OCCN. The highest BCUT2D eigenvalue weighted by molar-refractivity contribution is 7.47. The molecular formula is C60H110NO8P. The highest BCUT2D eigenvalue weighted by Gasteiger charge is 2.26. The summed E-state index contributed by atoms with van der Waals surface area (Å²) < 4.78 is 32.9. The topological polar surface area (TPSA) is 134 Å². The molecule has 70 heavy (non-hydrogen) atoms. The van der Waals surface area contributed by atoms with Crippen molar-refractivity contribution in [3.63, 3.8) is 0 Å². The van der Waals surface area contributed by atoms with E-state index in [1.165, 1.54) is 167 Å². The molecule has 0 aromatic heterocycles. The molecule has 0 saturated heterocycles. The van der Waals surface area contributed by atoms with Gasteiger partial charge in [-0.2, -0.15) is 0 Å². The number of phosphoric ester groups is 1. The summed E-state index contributed by atoms with van der Waals surface area (Å²) in [6, 6.07) is 0. The molecule has 0 saturated carbocycles. The molecule has 0 fully saturated rings. The van der Waals surface area contributed by atoms with E-state index in [4.69, 9.17) is 24.3 Å². The van der Waals surface area contributed by atoms with E-state index >= 15 is 0 Å². The summed E-state index contributed by atoms with van der Waals surface area (Å²) in [7, 11) is -4.38. The van der Waals surface area contributed by atoms with Crippen LogP contribution >= 0.6 is 7.82 Å². The summed E-state index contributed by atoms with van der Waals surface area (Å²) in [5, 5.41) is 0. The minimum absolute atomic E-state index is 0.0530. The van der Waals surface area contributed by atoms with Crippen LogP contribution in [-0.4, -0.2) is 49.3 Å². The van der Waals surface area contributed by atoms with Gasteiger partial charge in [0.25, 0.3) is 0 Å². The van der Waals surface area contributed by atoms with Crippen LogP contribution in [0.15, 0.2) is 60.8 Å². The van der Waals surface area contributed by atoms with Crippen LogP contribution in [0, 0.1) is 0 Å². The van der Waals surface area contributed by atoms with Crippen LogP contribution in [0.2, 0.25) is 0 Å². The molecule has 0 radical (unpaired) electrons. The van der Waals surface area contributed by atoms with Crippen LogP contribution in [0.1, 0.15) is 277 Å². The number of nitrogens with two attached hydrogens (primary N) is 1.